The van der Waals surface area contributed by atoms with E-state index in [9.17, 15) is 13.5 Å². The zero-order chi connectivity index (χ0) is 21.0. The number of aliphatic hydroxyl groups is 1. The number of sulfone groups is 1. The minimum atomic E-state index is -3.01. The van der Waals surface area contributed by atoms with Crippen molar-refractivity contribution in [3.8, 4) is 5.75 Å². The Balaban J connectivity index is 2.45. The van der Waals surface area contributed by atoms with Gasteiger partial charge in [0, 0.05) is 19.3 Å². The molecule has 0 fully saturated rings. The Morgan fingerprint density at radius 1 is 1.18 bits per heavy atom. The van der Waals surface area contributed by atoms with E-state index < -0.39 is 15.9 Å². The minimum Gasteiger partial charge on any atom is -0.491 e. The lowest BCUT2D eigenvalue weighted by Gasteiger charge is -2.14. The Morgan fingerprint density at radius 3 is 2.43 bits per heavy atom. The van der Waals surface area contributed by atoms with Crippen molar-refractivity contribution < 1.29 is 23.0 Å². The molecule has 9 heteroatoms. The number of ether oxygens (including phenoxy) is 2. The molecule has 28 heavy (non-hydrogen) atoms. The molecule has 1 rings (SSSR count). The maximum atomic E-state index is 11.0. The average molecular weight is 416 g/mol. The van der Waals surface area contributed by atoms with Crippen molar-refractivity contribution in [1.29, 1.82) is 0 Å². The highest BCUT2D eigenvalue weighted by atomic mass is 32.2. The van der Waals surface area contributed by atoms with Crippen molar-refractivity contribution in [2.75, 3.05) is 44.9 Å². The number of nitrogens with zero attached hydrogens (tertiary/aromatic N) is 1. The summed E-state index contributed by atoms with van der Waals surface area (Å²) in [5.41, 5.74) is 0.764. The van der Waals surface area contributed by atoms with E-state index in [1.165, 1.54) is 6.26 Å². The second kappa shape index (κ2) is 12.6. The highest BCUT2D eigenvalue weighted by molar-refractivity contribution is 7.90. The number of hydrogen-bond donors (Lipinski definition) is 3. The largest absolute Gasteiger partial charge is 0.491 e. The van der Waals surface area contributed by atoms with Crippen LogP contribution in [0.1, 0.15) is 32.4 Å². The molecule has 0 heterocycles. The summed E-state index contributed by atoms with van der Waals surface area (Å²) in [5, 5.41) is 16.5. The monoisotopic (exact) mass is 415 g/mol. The van der Waals surface area contributed by atoms with E-state index in [0.29, 0.717) is 25.7 Å². The van der Waals surface area contributed by atoms with Gasteiger partial charge in [0.25, 0.3) is 0 Å². The summed E-state index contributed by atoms with van der Waals surface area (Å²) in [6.07, 6.45) is 0.555. The molecular weight excluding hydrogens is 382 g/mol. The maximum absolute atomic E-state index is 11.0. The van der Waals surface area contributed by atoms with Crippen LogP contribution in [0.15, 0.2) is 29.3 Å². The molecule has 0 radical (unpaired) electrons. The third-order valence-electron chi connectivity index (χ3n) is 3.54. The number of guanidine groups is 1. The average Bonchev–Trinajstić information content (AvgIpc) is 2.61. The van der Waals surface area contributed by atoms with E-state index in [1.807, 2.05) is 45.0 Å². The van der Waals surface area contributed by atoms with Crippen LogP contribution in [0.3, 0.4) is 0 Å². The van der Waals surface area contributed by atoms with Crippen LogP contribution in [-0.2, 0) is 14.6 Å². The van der Waals surface area contributed by atoms with Gasteiger partial charge >= 0.3 is 0 Å². The lowest BCUT2D eigenvalue weighted by atomic mass is 10.1. The summed E-state index contributed by atoms with van der Waals surface area (Å²) < 4.78 is 32.9. The van der Waals surface area contributed by atoms with Gasteiger partial charge in [-0.25, -0.2) is 8.42 Å². The van der Waals surface area contributed by atoms with Crippen molar-refractivity contribution >= 4 is 15.8 Å². The molecule has 1 unspecified atom stereocenters. The third-order valence-corrected chi connectivity index (χ3v) is 4.45. The molecule has 0 aromatic heterocycles. The smallest absolute Gasteiger partial charge is 0.191 e. The molecule has 0 saturated heterocycles. The van der Waals surface area contributed by atoms with Gasteiger partial charge < -0.3 is 25.2 Å². The molecule has 0 aliphatic carbocycles. The van der Waals surface area contributed by atoms with Crippen LogP contribution in [0.2, 0.25) is 0 Å². The first-order chi connectivity index (χ1) is 13.2. The lowest BCUT2D eigenvalue weighted by molar-refractivity contribution is 0.154. The zero-order valence-corrected chi connectivity index (χ0v) is 18.0. The summed E-state index contributed by atoms with van der Waals surface area (Å²) in [6.45, 7) is 7.76. The predicted molar refractivity (Wildman–Crippen MR) is 112 cm³/mol. The van der Waals surface area contributed by atoms with Crippen molar-refractivity contribution in [1.82, 2.24) is 10.6 Å². The third kappa shape index (κ3) is 11.1. The van der Waals surface area contributed by atoms with Crippen LogP contribution in [0.5, 0.6) is 5.75 Å². The summed E-state index contributed by atoms with van der Waals surface area (Å²) in [5.74, 6) is 1.34. The fourth-order valence-corrected chi connectivity index (χ4v) is 2.64. The lowest BCUT2D eigenvalue weighted by Crippen LogP contribution is -2.39. The Labute approximate surface area is 168 Å². The van der Waals surface area contributed by atoms with E-state index in [2.05, 4.69) is 15.6 Å². The molecule has 1 aromatic rings. The van der Waals surface area contributed by atoms with Crippen LogP contribution in [-0.4, -0.2) is 70.4 Å². The molecule has 0 bridgehead atoms. The van der Waals surface area contributed by atoms with Gasteiger partial charge in [-0.1, -0.05) is 12.1 Å². The van der Waals surface area contributed by atoms with E-state index in [-0.39, 0.29) is 25.0 Å². The highest BCUT2D eigenvalue weighted by Crippen LogP contribution is 2.19. The SMILES string of the molecule is CCNC(=NCC(O)c1ccc(OC(C)C)cc1)NCCOCCS(C)(=O)=O. The summed E-state index contributed by atoms with van der Waals surface area (Å²) >= 11 is 0. The molecule has 1 aromatic carbocycles. The van der Waals surface area contributed by atoms with Crippen molar-refractivity contribution in [2.45, 2.75) is 33.0 Å². The number of aliphatic hydroxyl groups excluding tert-OH is 1. The Bertz CT molecular complexity index is 690. The van der Waals surface area contributed by atoms with Crippen LogP contribution < -0.4 is 15.4 Å². The normalized spacial score (nSPS) is 13.4. The summed E-state index contributed by atoms with van der Waals surface area (Å²) in [4.78, 5) is 4.38. The van der Waals surface area contributed by atoms with Crippen LogP contribution in [0.25, 0.3) is 0 Å². The van der Waals surface area contributed by atoms with Gasteiger partial charge in [-0.2, -0.15) is 0 Å². The maximum Gasteiger partial charge on any atom is 0.191 e. The quantitative estimate of drug-likeness (QED) is 0.267. The Kier molecular flexibility index (Phi) is 10.9. The molecule has 0 saturated carbocycles. The van der Waals surface area contributed by atoms with Gasteiger partial charge in [-0.15, -0.1) is 0 Å². The second-order valence-electron chi connectivity index (χ2n) is 6.64. The van der Waals surface area contributed by atoms with Crippen LogP contribution in [0.4, 0.5) is 0 Å². The van der Waals surface area contributed by atoms with Gasteiger partial charge in [-0.3, -0.25) is 4.99 Å². The van der Waals surface area contributed by atoms with E-state index in [0.717, 1.165) is 11.3 Å². The first-order valence-electron chi connectivity index (χ1n) is 9.43. The number of nitrogens with one attached hydrogen (secondary N) is 2. The Morgan fingerprint density at radius 2 is 1.86 bits per heavy atom. The summed E-state index contributed by atoms with van der Waals surface area (Å²) in [6, 6.07) is 7.32. The first-order valence-corrected chi connectivity index (χ1v) is 11.5. The topological polar surface area (TPSA) is 109 Å². The second-order valence-corrected chi connectivity index (χ2v) is 8.90. The number of rotatable bonds is 12. The van der Waals surface area contributed by atoms with Gasteiger partial charge in [0.15, 0.2) is 5.96 Å². The summed E-state index contributed by atoms with van der Waals surface area (Å²) in [7, 11) is -3.01. The molecular formula is C19H33N3O5S. The van der Waals surface area contributed by atoms with Crippen molar-refractivity contribution in [3.63, 3.8) is 0 Å². The van der Waals surface area contributed by atoms with Crippen LogP contribution in [0, 0.1) is 0 Å². The first kappa shape index (κ1) is 24.2. The van der Waals surface area contributed by atoms with Gasteiger partial charge in [0.05, 0.1) is 37.7 Å². The van der Waals surface area contributed by atoms with E-state index >= 15 is 0 Å². The highest BCUT2D eigenvalue weighted by Gasteiger charge is 2.08. The van der Waals surface area contributed by atoms with E-state index in [4.69, 9.17) is 9.47 Å². The number of benzene rings is 1. The van der Waals surface area contributed by atoms with Crippen molar-refractivity contribution in [3.05, 3.63) is 29.8 Å². The molecule has 3 N–H and O–H groups in total. The minimum absolute atomic E-state index is 0.00828. The van der Waals surface area contributed by atoms with Gasteiger partial charge in [0.1, 0.15) is 15.6 Å². The zero-order valence-electron chi connectivity index (χ0n) is 17.1. The number of hydrogen-bond acceptors (Lipinski definition) is 6. The fourth-order valence-electron chi connectivity index (χ4n) is 2.22. The molecule has 8 nitrogen and oxygen atoms in total. The molecule has 0 spiro atoms. The molecule has 1 atom stereocenters. The molecule has 0 aliphatic heterocycles. The van der Waals surface area contributed by atoms with Gasteiger partial charge in [0.2, 0.25) is 0 Å². The molecule has 0 aliphatic rings. The number of aliphatic imine (C=N–C) groups is 1. The van der Waals surface area contributed by atoms with Crippen molar-refractivity contribution in [2.24, 2.45) is 4.99 Å². The Hall–Kier alpha value is -1.84. The van der Waals surface area contributed by atoms with E-state index in [1.54, 1.807) is 0 Å². The van der Waals surface area contributed by atoms with Crippen LogP contribution >= 0.6 is 0 Å². The fraction of sp³-hybridized carbons (Fsp3) is 0.632. The molecule has 160 valence electrons. The molecule has 0 amide bonds. The standard InChI is InChI=1S/C19H33N3O5S/c1-5-20-19(21-10-11-26-12-13-28(4,24)25)22-14-18(23)16-6-8-17(9-7-16)27-15(2)3/h6-9,15,18,23H,5,10-14H2,1-4H3,(H2,20,21,22). The van der Waals surface area contributed by atoms with Gasteiger partial charge in [-0.05, 0) is 38.5 Å². The predicted octanol–water partition coefficient (Wildman–Crippen LogP) is 1.12.